The summed E-state index contributed by atoms with van der Waals surface area (Å²) in [5.41, 5.74) is 0.917. The second-order valence-corrected chi connectivity index (χ2v) is 6.37. The molecule has 0 fully saturated rings. The zero-order valence-corrected chi connectivity index (χ0v) is 13.2. The van der Waals surface area contributed by atoms with Crippen LogP contribution in [0.2, 0.25) is 0 Å². The molecule has 2 rings (SSSR count). The standard InChI is InChI=1S/C17H22N2O3/c1-17(2,3)15(20)9-10-18-16(21)13-11-14(22-19-13)12-7-5-4-6-8-12/h4-8,11,15,20H,9-10H2,1-3H3,(H,18,21). The van der Waals surface area contributed by atoms with Crippen molar-refractivity contribution in [2.24, 2.45) is 5.41 Å². The van der Waals surface area contributed by atoms with Gasteiger partial charge in [0.2, 0.25) is 0 Å². The van der Waals surface area contributed by atoms with E-state index in [0.717, 1.165) is 5.56 Å². The minimum Gasteiger partial charge on any atom is -0.393 e. The molecule has 0 radical (unpaired) electrons. The molecule has 1 amide bonds. The molecule has 1 heterocycles. The summed E-state index contributed by atoms with van der Waals surface area (Å²) in [5, 5.41) is 16.5. The molecule has 0 aliphatic rings. The van der Waals surface area contributed by atoms with Crippen molar-refractivity contribution < 1.29 is 14.4 Å². The van der Waals surface area contributed by atoms with Crippen LogP contribution in [0.1, 0.15) is 37.7 Å². The molecular weight excluding hydrogens is 280 g/mol. The molecule has 0 bridgehead atoms. The Labute approximate surface area is 130 Å². The highest BCUT2D eigenvalue weighted by Crippen LogP contribution is 2.21. The third kappa shape index (κ3) is 4.18. The van der Waals surface area contributed by atoms with Gasteiger partial charge >= 0.3 is 0 Å². The summed E-state index contributed by atoms with van der Waals surface area (Å²) in [7, 11) is 0. The molecule has 0 spiro atoms. The van der Waals surface area contributed by atoms with Crippen molar-refractivity contribution in [3.63, 3.8) is 0 Å². The number of aromatic nitrogens is 1. The summed E-state index contributed by atoms with van der Waals surface area (Å²) in [5.74, 6) is 0.257. The van der Waals surface area contributed by atoms with Gasteiger partial charge in [-0.15, -0.1) is 0 Å². The molecule has 0 saturated heterocycles. The van der Waals surface area contributed by atoms with E-state index in [1.54, 1.807) is 6.07 Å². The molecule has 5 nitrogen and oxygen atoms in total. The Morgan fingerprint density at radius 2 is 2.00 bits per heavy atom. The van der Waals surface area contributed by atoms with Crippen molar-refractivity contribution in [2.75, 3.05) is 6.54 Å². The third-order valence-corrected chi connectivity index (χ3v) is 3.50. The first kappa shape index (κ1) is 16.2. The van der Waals surface area contributed by atoms with Crippen molar-refractivity contribution in [1.82, 2.24) is 10.5 Å². The van der Waals surface area contributed by atoms with Crippen LogP contribution in [-0.4, -0.2) is 28.8 Å². The van der Waals surface area contributed by atoms with Crippen molar-refractivity contribution in [3.8, 4) is 11.3 Å². The van der Waals surface area contributed by atoms with E-state index in [1.807, 2.05) is 51.1 Å². The lowest BCUT2D eigenvalue weighted by Crippen LogP contribution is -2.32. The second kappa shape index (κ2) is 6.75. The predicted molar refractivity (Wildman–Crippen MR) is 84.4 cm³/mol. The number of aliphatic hydroxyl groups is 1. The Hall–Kier alpha value is -2.14. The number of aliphatic hydroxyl groups excluding tert-OH is 1. The number of benzene rings is 1. The summed E-state index contributed by atoms with van der Waals surface area (Å²) in [6.45, 7) is 6.28. The summed E-state index contributed by atoms with van der Waals surface area (Å²) >= 11 is 0. The van der Waals surface area contributed by atoms with Crippen LogP contribution in [0.15, 0.2) is 40.9 Å². The van der Waals surface area contributed by atoms with Crippen LogP contribution in [0.25, 0.3) is 11.3 Å². The Morgan fingerprint density at radius 1 is 1.32 bits per heavy atom. The number of amides is 1. The van der Waals surface area contributed by atoms with Gasteiger partial charge in [-0.1, -0.05) is 56.3 Å². The lowest BCUT2D eigenvalue weighted by atomic mass is 9.87. The number of nitrogens with zero attached hydrogens (tertiary/aromatic N) is 1. The maximum Gasteiger partial charge on any atom is 0.273 e. The lowest BCUT2D eigenvalue weighted by Gasteiger charge is -2.25. The smallest absolute Gasteiger partial charge is 0.273 e. The van der Waals surface area contributed by atoms with Gasteiger partial charge in [0.15, 0.2) is 11.5 Å². The fourth-order valence-electron chi connectivity index (χ4n) is 1.97. The van der Waals surface area contributed by atoms with Crippen LogP contribution < -0.4 is 5.32 Å². The van der Waals surface area contributed by atoms with Gasteiger partial charge in [-0.05, 0) is 11.8 Å². The van der Waals surface area contributed by atoms with Gasteiger partial charge in [0.05, 0.1) is 6.10 Å². The van der Waals surface area contributed by atoms with Crippen molar-refractivity contribution in [2.45, 2.75) is 33.3 Å². The molecule has 0 saturated carbocycles. The first-order chi connectivity index (χ1) is 10.4. The van der Waals surface area contributed by atoms with Crippen molar-refractivity contribution in [1.29, 1.82) is 0 Å². The van der Waals surface area contributed by atoms with E-state index < -0.39 is 6.10 Å². The zero-order chi connectivity index (χ0) is 16.2. The number of carbonyl (C=O) groups is 1. The zero-order valence-electron chi connectivity index (χ0n) is 13.2. The average molecular weight is 302 g/mol. The second-order valence-electron chi connectivity index (χ2n) is 6.37. The van der Waals surface area contributed by atoms with Gasteiger partial charge in [0.1, 0.15) is 0 Å². The molecule has 2 aromatic rings. The quantitative estimate of drug-likeness (QED) is 0.890. The van der Waals surface area contributed by atoms with Gasteiger partial charge in [0, 0.05) is 18.2 Å². The summed E-state index contributed by atoms with van der Waals surface area (Å²) < 4.78 is 5.19. The van der Waals surface area contributed by atoms with E-state index in [0.29, 0.717) is 18.7 Å². The predicted octanol–water partition coefficient (Wildman–Crippen LogP) is 2.87. The molecule has 2 N–H and O–H groups in total. The highest BCUT2D eigenvalue weighted by molar-refractivity contribution is 5.93. The first-order valence-electron chi connectivity index (χ1n) is 7.36. The number of carbonyl (C=O) groups excluding carboxylic acids is 1. The van der Waals surface area contributed by atoms with Gasteiger partial charge < -0.3 is 14.9 Å². The number of rotatable bonds is 5. The maximum atomic E-state index is 12.0. The fourth-order valence-corrected chi connectivity index (χ4v) is 1.97. The number of hydrogen-bond acceptors (Lipinski definition) is 4. The maximum absolute atomic E-state index is 12.0. The normalized spacial score (nSPS) is 12.9. The molecule has 22 heavy (non-hydrogen) atoms. The number of nitrogens with one attached hydrogen (secondary N) is 1. The molecule has 1 aromatic carbocycles. The van der Waals surface area contributed by atoms with Crippen LogP contribution in [0, 0.1) is 5.41 Å². The van der Waals surface area contributed by atoms with Gasteiger partial charge in [-0.25, -0.2) is 0 Å². The summed E-state index contributed by atoms with van der Waals surface area (Å²) in [4.78, 5) is 12.0. The third-order valence-electron chi connectivity index (χ3n) is 3.50. The molecule has 118 valence electrons. The summed E-state index contributed by atoms with van der Waals surface area (Å²) in [6, 6.07) is 11.1. The van der Waals surface area contributed by atoms with E-state index in [1.165, 1.54) is 0 Å². The molecular formula is C17H22N2O3. The van der Waals surface area contributed by atoms with Gasteiger partial charge in [-0.3, -0.25) is 4.79 Å². The SMILES string of the molecule is CC(C)(C)C(O)CCNC(=O)c1cc(-c2ccccc2)on1. The Bertz CT molecular complexity index is 614. The highest BCUT2D eigenvalue weighted by atomic mass is 16.5. The van der Waals surface area contributed by atoms with Crippen LogP contribution >= 0.6 is 0 Å². The summed E-state index contributed by atoms with van der Waals surface area (Å²) in [6.07, 6.45) is 0.0310. The molecule has 1 atom stereocenters. The monoisotopic (exact) mass is 302 g/mol. The topological polar surface area (TPSA) is 75.4 Å². The molecule has 0 aliphatic carbocycles. The Kier molecular flexibility index (Phi) is 4.98. The highest BCUT2D eigenvalue weighted by Gasteiger charge is 2.22. The van der Waals surface area contributed by atoms with E-state index in [9.17, 15) is 9.90 Å². The minimum atomic E-state index is -0.468. The van der Waals surface area contributed by atoms with E-state index in [4.69, 9.17) is 4.52 Å². The minimum absolute atomic E-state index is 0.195. The van der Waals surface area contributed by atoms with Crippen LogP contribution in [0.3, 0.4) is 0 Å². The van der Waals surface area contributed by atoms with Crippen molar-refractivity contribution in [3.05, 3.63) is 42.1 Å². The Morgan fingerprint density at radius 3 is 2.64 bits per heavy atom. The van der Waals surface area contributed by atoms with Crippen LogP contribution in [0.4, 0.5) is 0 Å². The van der Waals surface area contributed by atoms with Crippen LogP contribution in [0.5, 0.6) is 0 Å². The van der Waals surface area contributed by atoms with E-state index in [-0.39, 0.29) is 17.0 Å². The molecule has 1 unspecified atom stereocenters. The fraction of sp³-hybridized carbons (Fsp3) is 0.412. The lowest BCUT2D eigenvalue weighted by molar-refractivity contribution is 0.0550. The largest absolute Gasteiger partial charge is 0.393 e. The van der Waals surface area contributed by atoms with Crippen LogP contribution in [-0.2, 0) is 0 Å². The van der Waals surface area contributed by atoms with E-state index >= 15 is 0 Å². The Balaban J connectivity index is 1.90. The number of hydrogen-bond donors (Lipinski definition) is 2. The first-order valence-corrected chi connectivity index (χ1v) is 7.36. The average Bonchev–Trinajstić information content (AvgIpc) is 2.97. The molecule has 0 aliphatic heterocycles. The van der Waals surface area contributed by atoms with Crippen molar-refractivity contribution >= 4 is 5.91 Å². The molecule has 1 aromatic heterocycles. The van der Waals surface area contributed by atoms with E-state index in [2.05, 4.69) is 10.5 Å². The van der Waals surface area contributed by atoms with Gasteiger partial charge in [-0.2, -0.15) is 0 Å². The molecule has 5 heteroatoms. The van der Waals surface area contributed by atoms with Gasteiger partial charge in [0.25, 0.3) is 5.91 Å².